The van der Waals surface area contributed by atoms with Crippen LogP contribution in [0.4, 0.5) is 14.5 Å². The highest BCUT2D eigenvalue weighted by molar-refractivity contribution is 7.85. The Labute approximate surface area is 72.7 Å². The Morgan fingerprint density at radius 3 is 1.92 bits per heavy atom. The van der Waals surface area contributed by atoms with Crippen molar-refractivity contribution in [2.75, 3.05) is 5.73 Å². The maximum absolute atomic E-state index is 12.6. The molecule has 0 saturated carbocycles. The number of hydrogen-bond acceptors (Lipinski definition) is 3. The van der Waals surface area contributed by atoms with E-state index in [-0.39, 0.29) is 0 Å². The van der Waals surface area contributed by atoms with Crippen molar-refractivity contribution in [3.63, 3.8) is 0 Å². The second kappa shape index (κ2) is 2.93. The molecule has 0 saturated heterocycles. The zero-order valence-corrected chi connectivity index (χ0v) is 6.98. The molecule has 0 aliphatic carbocycles. The molecule has 7 heteroatoms. The predicted molar refractivity (Wildman–Crippen MR) is 40.6 cm³/mol. The van der Waals surface area contributed by atoms with Gasteiger partial charge in [0.05, 0.1) is 4.90 Å². The quantitative estimate of drug-likeness (QED) is 0.529. The predicted octanol–water partition coefficient (Wildman–Crippen LogP) is 0.794. The number of nitrogens with two attached hydrogens (primary N) is 1. The van der Waals surface area contributed by atoms with Crippen molar-refractivity contribution < 1.29 is 21.8 Å². The highest BCUT2D eigenvalue weighted by Crippen LogP contribution is 2.19. The Morgan fingerprint density at radius 2 is 1.62 bits per heavy atom. The van der Waals surface area contributed by atoms with E-state index in [1.54, 1.807) is 0 Å². The number of benzene rings is 1. The number of rotatable bonds is 1. The molecule has 0 atom stereocenters. The van der Waals surface area contributed by atoms with E-state index in [1.165, 1.54) is 0 Å². The summed E-state index contributed by atoms with van der Waals surface area (Å²) in [6.07, 6.45) is 0. The second-order valence-corrected chi connectivity index (χ2v) is 3.70. The van der Waals surface area contributed by atoms with Gasteiger partial charge in [-0.1, -0.05) is 0 Å². The minimum Gasteiger partial charge on any atom is -0.394 e. The van der Waals surface area contributed by atoms with Gasteiger partial charge in [0.1, 0.15) is 17.3 Å². The highest BCUT2D eigenvalue weighted by Gasteiger charge is 2.15. The number of hydrogen-bond donors (Lipinski definition) is 2. The van der Waals surface area contributed by atoms with Crippen molar-refractivity contribution in [2.24, 2.45) is 0 Å². The Balaban J connectivity index is 3.47. The molecule has 0 aliphatic heterocycles. The van der Waals surface area contributed by atoms with E-state index in [2.05, 4.69) is 0 Å². The first kappa shape index (κ1) is 9.87. The molecule has 0 unspecified atom stereocenters. The lowest BCUT2D eigenvalue weighted by Gasteiger charge is -2.01. The van der Waals surface area contributed by atoms with Crippen LogP contribution in [0.15, 0.2) is 17.0 Å². The number of nitrogen functional groups attached to an aromatic ring is 1. The van der Waals surface area contributed by atoms with E-state index in [0.29, 0.717) is 12.1 Å². The second-order valence-electron chi connectivity index (χ2n) is 2.28. The molecular formula is C6H5F2NO3S. The molecule has 0 fully saturated rings. The Bertz CT molecular complexity index is 420. The van der Waals surface area contributed by atoms with E-state index in [0.717, 1.165) is 0 Å². The van der Waals surface area contributed by atoms with Gasteiger partial charge >= 0.3 is 0 Å². The van der Waals surface area contributed by atoms with Crippen molar-refractivity contribution in [2.45, 2.75) is 4.90 Å². The van der Waals surface area contributed by atoms with Gasteiger partial charge < -0.3 is 5.73 Å². The molecule has 0 heterocycles. The molecule has 0 radical (unpaired) electrons. The minimum atomic E-state index is -4.60. The Hall–Kier alpha value is -1.21. The zero-order valence-electron chi connectivity index (χ0n) is 6.16. The van der Waals surface area contributed by atoms with Crippen molar-refractivity contribution in [3.8, 4) is 0 Å². The fraction of sp³-hybridized carbons (Fsp3) is 0. The molecule has 4 nitrogen and oxygen atoms in total. The third-order valence-corrected chi connectivity index (χ3v) is 2.18. The lowest BCUT2D eigenvalue weighted by atomic mass is 10.3. The van der Waals surface area contributed by atoms with Gasteiger partial charge in [-0.25, -0.2) is 8.78 Å². The summed E-state index contributed by atoms with van der Waals surface area (Å²) in [6, 6.07) is 0.876. The molecule has 1 rings (SSSR count). The third-order valence-electron chi connectivity index (χ3n) is 1.35. The number of halogens is 2. The van der Waals surface area contributed by atoms with Gasteiger partial charge in [-0.05, 0) is 12.1 Å². The van der Waals surface area contributed by atoms with Crippen LogP contribution in [0.5, 0.6) is 0 Å². The lowest BCUT2D eigenvalue weighted by molar-refractivity contribution is 0.480. The van der Waals surface area contributed by atoms with E-state index in [4.69, 9.17) is 10.3 Å². The summed E-state index contributed by atoms with van der Waals surface area (Å²) in [4.78, 5) is -0.864. The van der Waals surface area contributed by atoms with Gasteiger partial charge in [-0.15, -0.1) is 0 Å². The van der Waals surface area contributed by atoms with Crippen LogP contribution in [0.25, 0.3) is 0 Å². The van der Waals surface area contributed by atoms with Crippen LogP contribution in [0.3, 0.4) is 0 Å². The molecule has 72 valence electrons. The highest BCUT2D eigenvalue weighted by atomic mass is 32.2. The smallest absolute Gasteiger partial charge is 0.294 e. The van der Waals surface area contributed by atoms with Gasteiger partial charge in [0, 0.05) is 0 Å². The molecular weight excluding hydrogens is 204 g/mol. The van der Waals surface area contributed by atoms with Crippen LogP contribution < -0.4 is 5.73 Å². The van der Waals surface area contributed by atoms with E-state index >= 15 is 0 Å². The van der Waals surface area contributed by atoms with Crippen molar-refractivity contribution in [3.05, 3.63) is 23.8 Å². The molecule has 0 amide bonds. The first-order valence-corrected chi connectivity index (χ1v) is 4.48. The maximum atomic E-state index is 12.6. The molecule has 0 aliphatic rings. The van der Waals surface area contributed by atoms with Gasteiger partial charge in [-0.3, -0.25) is 4.55 Å². The minimum absolute atomic E-state index is 0.438. The van der Waals surface area contributed by atoms with Crippen LogP contribution >= 0.6 is 0 Å². The molecule has 0 spiro atoms. The summed E-state index contributed by atoms with van der Waals surface area (Å²) >= 11 is 0. The molecule has 13 heavy (non-hydrogen) atoms. The molecule has 1 aromatic rings. The molecule has 3 N–H and O–H groups in total. The lowest BCUT2D eigenvalue weighted by Crippen LogP contribution is -2.03. The summed E-state index contributed by atoms with van der Waals surface area (Å²) in [5.41, 5.74) is 4.08. The zero-order chi connectivity index (χ0) is 10.2. The van der Waals surface area contributed by atoms with Crippen molar-refractivity contribution in [1.82, 2.24) is 0 Å². The van der Waals surface area contributed by atoms with Gasteiger partial charge in [0.2, 0.25) is 0 Å². The largest absolute Gasteiger partial charge is 0.394 e. The third kappa shape index (κ3) is 1.93. The van der Waals surface area contributed by atoms with Crippen molar-refractivity contribution in [1.29, 1.82) is 0 Å². The maximum Gasteiger partial charge on any atom is 0.294 e. The first-order valence-electron chi connectivity index (χ1n) is 3.04. The normalized spacial score (nSPS) is 11.6. The average molecular weight is 209 g/mol. The Kier molecular flexibility index (Phi) is 2.22. The van der Waals surface area contributed by atoms with Gasteiger partial charge in [-0.2, -0.15) is 8.42 Å². The van der Waals surface area contributed by atoms with Crippen LogP contribution in [0, 0.1) is 11.6 Å². The summed E-state index contributed by atoms with van der Waals surface area (Å²) in [5, 5.41) is 0. The average Bonchev–Trinajstić information content (AvgIpc) is 1.97. The topological polar surface area (TPSA) is 80.4 Å². The van der Waals surface area contributed by atoms with Crippen LogP contribution in [0.1, 0.15) is 0 Å². The van der Waals surface area contributed by atoms with Gasteiger partial charge in [0.15, 0.2) is 0 Å². The van der Waals surface area contributed by atoms with Crippen LogP contribution in [-0.4, -0.2) is 13.0 Å². The van der Waals surface area contributed by atoms with Crippen molar-refractivity contribution >= 4 is 15.8 Å². The summed E-state index contributed by atoms with van der Waals surface area (Å²) in [7, 11) is -4.60. The first-order chi connectivity index (χ1) is 5.82. The summed E-state index contributed by atoms with van der Waals surface area (Å²) in [5.74, 6) is -2.46. The standard InChI is InChI=1S/C6H5F2NO3S/c7-4-1-3(13(10,11)12)2-5(8)6(4)9/h1-2H,9H2,(H,10,11,12). The van der Waals surface area contributed by atoms with Crippen LogP contribution in [0.2, 0.25) is 0 Å². The van der Waals surface area contributed by atoms with E-state index < -0.39 is 32.3 Å². The molecule has 1 aromatic carbocycles. The summed E-state index contributed by atoms with van der Waals surface area (Å²) < 4.78 is 54.5. The van der Waals surface area contributed by atoms with Gasteiger partial charge in [0.25, 0.3) is 10.1 Å². The fourth-order valence-corrected chi connectivity index (χ4v) is 1.21. The van der Waals surface area contributed by atoms with E-state index in [1.807, 2.05) is 0 Å². The SMILES string of the molecule is Nc1c(F)cc(S(=O)(=O)O)cc1F. The molecule has 0 bridgehead atoms. The fourth-order valence-electron chi connectivity index (χ4n) is 0.710. The van der Waals surface area contributed by atoms with Crippen LogP contribution in [-0.2, 0) is 10.1 Å². The van der Waals surface area contributed by atoms with E-state index in [9.17, 15) is 17.2 Å². The summed E-state index contributed by atoms with van der Waals surface area (Å²) in [6.45, 7) is 0. The number of anilines is 1. The molecule has 0 aromatic heterocycles. The Morgan fingerprint density at radius 1 is 1.23 bits per heavy atom. The monoisotopic (exact) mass is 209 g/mol.